The number of allylic oxidation sites excluding steroid dienone is 4. The van der Waals surface area contributed by atoms with Crippen LogP contribution in [-0.2, 0) is 9.36 Å². The first-order chi connectivity index (χ1) is 18.3. The second kappa shape index (κ2) is 18.3. The molecule has 0 unspecified atom stereocenters. The van der Waals surface area contributed by atoms with Crippen molar-refractivity contribution in [3.8, 4) is 11.6 Å². The number of hydrogen-bond acceptors (Lipinski definition) is 4. The van der Waals surface area contributed by atoms with Gasteiger partial charge in [0.15, 0.2) is 5.78 Å². The molecular formula is C35H64N3O3PS4. The average molecular weight is 734 g/mol. The van der Waals surface area contributed by atoms with Crippen LogP contribution < -0.4 is 4.90 Å². The maximum atomic E-state index is 13.7. The summed E-state index contributed by atoms with van der Waals surface area (Å²) in [6, 6.07) is 8.84. The van der Waals surface area contributed by atoms with Crippen LogP contribution in [0.25, 0.3) is 0 Å². The van der Waals surface area contributed by atoms with Crippen LogP contribution in [0.15, 0.2) is 47.1 Å². The molecule has 0 heterocycles. The number of carbonyl (C=O) groups is 1. The molecule has 4 aliphatic carbocycles. The van der Waals surface area contributed by atoms with Crippen molar-refractivity contribution in [1.82, 2.24) is 9.34 Å². The van der Waals surface area contributed by atoms with E-state index in [0.717, 1.165) is 37.8 Å². The van der Waals surface area contributed by atoms with E-state index >= 15 is 0 Å². The molecule has 0 aromatic heterocycles. The summed E-state index contributed by atoms with van der Waals surface area (Å²) in [7, 11) is 8.16. The van der Waals surface area contributed by atoms with Gasteiger partial charge in [-0.2, -0.15) is 54.0 Å². The maximum Gasteiger partial charge on any atom is 0.286 e. The van der Waals surface area contributed by atoms with E-state index in [1.54, 1.807) is 37.5 Å². The number of carbonyl (C=O) groups excluding carboxylic acids is 1. The lowest BCUT2D eigenvalue weighted by Crippen LogP contribution is -2.51. The van der Waals surface area contributed by atoms with Crippen LogP contribution in [0.3, 0.4) is 0 Å². The fourth-order valence-electron chi connectivity index (χ4n) is 7.90. The highest BCUT2D eigenvalue weighted by molar-refractivity contribution is 7.64. The number of fused-ring (bicyclic) bond motifs is 4. The summed E-state index contributed by atoms with van der Waals surface area (Å²) in [4.78, 5) is 14.4. The number of rotatable bonds is 4. The van der Waals surface area contributed by atoms with Gasteiger partial charge in [-0.15, -0.1) is 0 Å². The third-order valence-electron chi connectivity index (χ3n) is 10.2. The van der Waals surface area contributed by atoms with Crippen LogP contribution >= 0.6 is 61.4 Å². The number of anilines is 1. The molecule has 1 N–H and O–H groups in total. The fraction of sp³-hybridized carbons (Fsp3) is 0.629. The summed E-state index contributed by atoms with van der Waals surface area (Å²) in [6.45, 7) is 2.23. The summed E-state index contributed by atoms with van der Waals surface area (Å²) in [6.07, 6.45) is 7.52. The minimum atomic E-state index is -3.09. The predicted molar refractivity (Wildman–Crippen MR) is 220 cm³/mol. The SMILES string of the molecule is C.C.C.CN(C)c1ccc([C@H]2C[C@@]3(C)[C@@H](CC[C@@]3(O)C#CP(=O)(N(C)C)N(C)C)[C@@H]3CCC4=CC(=O)CCC4=C32)cc1.S.S.S.S. The van der Waals surface area contributed by atoms with Gasteiger partial charge >= 0.3 is 0 Å². The minimum absolute atomic E-state index is 0. The molecule has 1 aromatic carbocycles. The normalized spacial score (nSPS) is 27.4. The molecule has 46 heavy (non-hydrogen) atoms. The Labute approximate surface area is 309 Å². The average Bonchev–Trinajstić information content (AvgIpc) is 3.16. The standard InChI is InChI=1S/C32H44N3O3P.3CH4.4H2S/c1-31-21-28(22-8-11-24(12-9-22)33(2)3)30-26-15-13-25(36)20-23(26)10-14-27(30)29(31)16-17-32(31,37)18-19-39(38,34(4)5)35(6)7;;;;;;;/h8-9,11-12,20,27-29,37H,10,13-17,21H2,1-7H3;3*1H4;4*1H2/t27-,28+,29-,31-,32+;;;;;;;/m0......./s1. The summed E-state index contributed by atoms with van der Waals surface area (Å²) < 4.78 is 17.0. The first-order valence-corrected chi connectivity index (χ1v) is 15.9. The first-order valence-electron chi connectivity index (χ1n) is 14.3. The Kier molecular flexibility index (Phi) is 19.7. The Morgan fingerprint density at radius 1 is 0.870 bits per heavy atom. The molecule has 0 saturated heterocycles. The number of ketones is 1. The van der Waals surface area contributed by atoms with Crippen molar-refractivity contribution < 1.29 is 14.5 Å². The molecule has 4 aliphatic rings. The summed E-state index contributed by atoms with van der Waals surface area (Å²) >= 11 is 0. The third-order valence-corrected chi connectivity index (χ3v) is 12.8. The Morgan fingerprint density at radius 2 is 1.43 bits per heavy atom. The maximum absolute atomic E-state index is 13.7. The monoisotopic (exact) mass is 733 g/mol. The van der Waals surface area contributed by atoms with Crippen LogP contribution in [0.4, 0.5) is 5.69 Å². The van der Waals surface area contributed by atoms with Gasteiger partial charge in [0.2, 0.25) is 0 Å². The van der Waals surface area contributed by atoms with E-state index in [4.69, 9.17) is 0 Å². The number of nitrogens with zero attached hydrogens (tertiary/aromatic N) is 3. The lowest BCUT2D eigenvalue weighted by atomic mass is 9.51. The van der Waals surface area contributed by atoms with E-state index in [9.17, 15) is 14.5 Å². The lowest BCUT2D eigenvalue weighted by Gasteiger charge is -2.53. The van der Waals surface area contributed by atoms with Crippen LogP contribution in [0, 0.1) is 28.8 Å². The number of benzene rings is 1. The molecule has 266 valence electrons. The van der Waals surface area contributed by atoms with E-state index in [-0.39, 0.29) is 88.0 Å². The molecule has 2 fully saturated rings. The zero-order valence-corrected chi connectivity index (χ0v) is 31.5. The zero-order valence-electron chi connectivity index (χ0n) is 26.6. The van der Waals surface area contributed by atoms with Crippen molar-refractivity contribution in [2.75, 3.05) is 47.2 Å². The van der Waals surface area contributed by atoms with E-state index < -0.39 is 18.5 Å². The quantitative estimate of drug-likeness (QED) is 0.250. The third kappa shape index (κ3) is 8.33. The summed E-state index contributed by atoms with van der Waals surface area (Å²) in [5.41, 5.74) is 8.00. The smallest absolute Gasteiger partial charge is 0.286 e. The van der Waals surface area contributed by atoms with Gasteiger partial charge in [0.25, 0.3) is 7.44 Å². The number of aliphatic hydroxyl groups is 1. The first kappa shape index (κ1) is 49.6. The van der Waals surface area contributed by atoms with Crippen molar-refractivity contribution in [1.29, 1.82) is 0 Å². The molecule has 0 radical (unpaired) electrons. The van der Waals surface area contributed by atoms with Crippen molar-refractivity contribution >= 4 is 72.9 Å². The highest BCUT2D eigenvalue weighted by Gasteiger charge is 2.62. The largest absolute Gasteiger partial charge is 0.378 e. The Morgan fingerprint density at radius 3 is 1.96 bits per heavy atom. The van der Waals surface area contributed by atoms with E-state index in [1.807, 2.05) is 6.08 Å². The second-order valence-corrected chi connectivity index (χ2v) is 15.8. The Hall–Kier alpha value is -0.760. The van der Waals surface area contributed by atoms with E-state index in [0.29, 0.717) is 24.7 Å². The highest BCUT2D eigenvalue weighted by atomic mass is 32.1. The molecule has 0 aliphatic heterocycles. The van der Waals surface area contributed by atoms with Gasteiger partial charge in [0.1, 0.15) is 5.60 Å². The molecule has 1 aromatic rings. The predicted octanol–water partition coefficient (Wildman–Crippen LogP) is 8.02. The fourth-order valence-corrected chi connectivity index (χ4v) is 9.34. The van der Waals surface area contributed by atoms with Crippen molar-refractivity contribution in [2.45, 2.75) is 85.7 Å². The van der Waals surface area contributed by atoms with Crippen molar-refractivity contribution in [3.63, 3.8) is 0 Å². The molecule has 2 saturated carbocycles. The van der Waals surface area contributed by atoms with E-state index in [2.05, 4.69) is 61.8 Å². The zero-order chi connectivity index (χ0) is 28.3. The Balaban J connectivity index is -0.00000264. The van der Waals surface area contributed by atoms with Crippen LogP contribution in [0.1, 0.15) is 85.6 Å². The van der Waals surface area contributed by atoms with Gasteiger partial charge in [-0.25, -0.2) is 9.34 Å². The summed E-state index contributed by atoms with van der Waals surface area (Å²) in [5, 5.41) is 12.3. The molecule has 0 spiro atoms. The van der Waals surface area contributed by atoms with Crippen molar-refractivity contribution in [3.05, 3.63) is 52.6 Å². The summed E-state index contributed by atoms with van der Waals surface area (Å²) in [5.74, 6) is 4.29. The molecule has 0 bridgehead atoms. The minimum Gasteiger partial charge on any atom is -0.378 e. The topological polar surface area (TPSA) is 64.1 Å². The molecule has 6 nitrogen and oxygen atoms in total. The highest BCUT2D eigenvalue weighted by Crippen LogP contribution is 2.67. The van der Waals surface area contributed by atoms with Gasteiger partial charge < -0.3 is 10.0 Å². The molecule has 0 amide bonds. The lowest BCUT2D eigenvalue weighted by molar-refractivity contribution is -0.114. The van der Waals surface area contributed by atoms with Gasteiger partial charge in [0, 0.05) is 37.5 Å². The number of hydrogen-bond donors (Lipinski definition) is 1. The van der Waals surface area contributed by atoms with E-state index in [1.165, 1.54) is 22.3 Å². The molecule has 11 heteroatoms. The molecule has 5 rings (SSSR count). The van der Waals surface area contributed by atoms with Crippen LogP contribution in [0.5, 0.6) is 0 Å². The van der Waals surface area contributed by atoms with Crippen LogP contribution in [-0.4, -0.2) is 68.1 Å². The van der Waals surface area contributed by atoms with Gasteiger partial charge in [-0.05, 0) is 119 Å². The van der Waals surface area contributed by atoms with Gasteiger partial charge in [-0.1, -0.05) is 52.8 Å². The van der Waals surface area contributed by atoms with Gasteiger partial charge in [0.05, 0.1) is 0 Å². The second-order valence-electron chi connectivity index (χ2n) is 12.9. The van der Waals surface area contributed by atoms with Crippen molar-refractivity contribution in [2.24, 2.45) is 17.3 Å². The molecular weight excluding hydrogens is 670 g/mol. The Bertz CT molecular complexity index is 1340. The molecule has 5 atom stereocenters. The van der Waals surface area contributed by atoms with Gasteiger partial charge in [-0.3, -0.25) is 9.36 Å². The van der Waals surface area contributed by atoms with Crippen LogP contribution in [0.2, 0.25) is 0 Å².